The molecule has 3 heterocycles. The molecule has 0 fully saturated rings. The van der Waals surface area contributed by atoms with E-state index in [2.05, 4.69) is 36.4 Å². The number of hydrogen-bond donors (Lipinski definition) is 0. The Morgan fingerprint density at radius 3 is 1.89 bits per heavy atom. The van der Waals surface area contributed by atoms with E-state index in [0.29, 0.717) is 22.5 Å². The normalized spacial score (nSPS) is 11.3. The summed E-state index contributed by atoms with van der Waals surface area (Å²) in [5, 5.41) is 1.75. The van der Waals surface area contributed by atoms with Crippen molar-refractivity contribution in [1.29, 1.82) is 0 Å². The zero-order chi connectivity index (χ0) is 25.5. The first-order valence-electron chi connectivity index (χ1n) is 12.2. The maximum absolute atomic E-state index is 6.79. The van der Waals surface area contributed by atoms with Crippen LogP contribution in [0.25, 0.3) is 65.6 Å². The molecular formula is C32H19ClN4S. The fraction of sp³-hybridized carbons (Fsp3) is 0. The van der Waals surface area contributed by atoms with Crippen molar-refractivity contribution in [3.8, 4) is 45.3 Å². The van der Waals surface area contributed by atoms with E-state index >= 15 is 0 Å². The highest BCUT2D eigenvalue weighted by atomic mass is 35.5. The van der Waals surface area contributed by atoms with Crippen LogP contribution in [0.2, 0.25) is 5.02 Å². The summed E-state index contributed by atoms with van der Waals surface area (Å²) in [6.07, 6.45) is 1.87. The first kappa shape index (κ1) is 22.7. The van der Waals surface area contributed by atoms with Gasteiger partial charge < -0.3 is 0 Å². The number of aromatic nitrogens is 4. The summed E-state index contributed by atoms with van der Waals surface area (Å²) in [7, 11) is 0. The predicted molar refractivity (Wildman–Crippen MR) is 157 cm³/mol. The van der Waals surface area contributed by atoms with Crippen molar-refractivity contribution < 1.29 is 0 Å². The van der Waals surface area contributed by atoms with E-state index < -0.39 is 0 Å². The van der Waals surface area contributed by atoms with Crippen LogP contribution in [0.4, 0.5) is 0 Å². The number of benzene rings is 4. The third-order valence-electron chi connectivity index (χ3n) is 6.48. The minimum atomic E-state index is 0.534. The quantitative estimate of drug-likeness (QED) is 0.229. The molecule has 0 bridgehead atoms. The van der Waals surface area contributed by atoms with Gasteiger partial charge in [0.25, 0.3) is 0 Å². The molecule has 0 unspecified atom stereocenters. The highest BCUT2D eigenvalue weighted by Gasteiger charge is 2.17. The van der Waals surface area contributed by atoms with E-state index in [1.165, 1.54) is 10.1 Å². The van der Waals surface area contributed by atoms with Crippen molar-refractivity contribution in [3.63, 3.8) is 0 Å². The lowest BCUT2D eigenvalue weighted by atomic mass is 10.0. The van der Waals surface area contributed by atoms with E-state index in [9.17, 15) is 0 Å². The predicted octanol–water partition coefficient (Wildman–Crippen LogP) is 8.96. The van der Waals surface area contributed by atoms with Gasteiger partial charge in [0.05, 0.1) is 15.2 Å². The second-order valence-corrected chi connectivity index (χ2v) is 10.3. The van der Waals surface area contributed by atoms with E-state index in [-0.39, 0.29) is 0 Å². The highest BCUT2D eigenvalue weighted by molar-refractivity contribution is 7.26. The third-order valence-corrected chi connectivity index (χ3v) is 8.00. The fourth-order valence-corrected chi connectivity index (χ4v) is 6.02. The van der Waals surface area contributed by atoms with Gasteiger partial charge in [0.1, 0.15) is 0 Å². The second kappa shape index (κ2) is 9.45. The average Bonchev–Trinajstić information content (AvgIpc) is 3.37. The molecule has 4 aromatic carbocycles. The molecule has 6 heteroatoms. The molecule has 0 spiro atoms. The zero-order valence-corrected chi connectivity index (χ0v) is 21.6. The van der Waals surface area contributed by atoms with Crippen molar-refractivity contribution in [1.82, 2.24) is 19.9 Å². The number of nitrogens with zero attached hydrogens (tertiary/aromatic N) is 4. The van der Waals surface area contributed by atoms with Crippen molar-refractivity contribution in [3.05, 3.63) is 120 Å². The lowest BCUT2D eigenvalue weighted by Crippen LogP contribution is -2.00. The molecule has 0 aliphatic heterocycles. The van der Waals surface area contributed by atoms with Gasteiger partial charge in [0.2, 0.25) is 0 Å². The lowest BCUT2D eigenvalue weighted by Gasteiger charge is -2.11. The molecule has 0 aliphatic rings. The van der Waals surface area contributed by atoms with E-state index in [4.69, 9.17) is 31.5 Å². The average molecular weight is 527 g/mol. The Hall–Kier alpha value is -4.45. The van der Waals surface area contributed by atoms with E-state index in [0.717, 1.165) is 38.0 Å². The van der Waals surface area contributed by atoms with Crippen molar-refractivity contribution in [2.24, 2.45) is 0 Å². The molecule has 7 aromatic rings. The fourth-order valence-electron chi connectivity index (χ4n) is 4.63. The maximum Gasteiger partial charge on any atom is 0.165 e. The smallest absolute Gasteiger partial charge is 0.165 e. The number of rotatable bonds is 4. The van der Waals surface area contributed by atoms with Gasteiger partial charge in [-0.25, -0.2) is 15.0 Å². The Labute approximate surface area is 228 Å². The van der Waals surface area contributed by atoms with Crippen LogP contribution in [-0.4, -0.2) is 19.9 Å². The van der Waals surface area contributed by atoms with Gasteiger partial charge in [-0.05, 0) is 29.8 Å². The van der Waals surface area contributed by atoms with Crippen molar-refractivity contribution >= 4 is 43.2 Å². The first-order chi connectivity index (χ1) is 18.7. The van der Waals surface area contributed by atoms with E-state index in [1.807, 2.05) is 79.0 Å². The molecule has 4 nitrogen and oxygen atoms in total. The minimum Gasteiger partial charge on any atom is -0.255 e. The van der Waals surface area contributed by atoms with Crippen LogP contribution in [0.15, 0.2) is 115 Å². The van der Waals surface area contributed by atoms with Crippen LogP contribution in [-0.2, 0) is 0 Å². The van der Waals surface area contributed by atoms with Crippen LogP contribution < -0.4 is 0 Å². The molecule has 0 aliphatic carbocycles. The Morgan fingerprint density at radius 1 is 0.553 bits per heavy atom. The number of halogens is 1. The largest absolute Gasteiger partial charge is 0.255 e. The van der Waals surface area contributed by atoms with Crippen molar-refractivity contribution in [2.45, 2.75) is 0 Å². The van der Waals surface area contributed by atoms with Crippen LogP contribution in [0, 0.1) is 0 Å². The SMILES string of the molecule is Clc1ccc(-c2ccnc3c2sc2ccccc23)cc1-c1nc(-c2ccccc2)nc(-c2ccccc2)n1. The van der Waals surface area contributed by atoms with Gasteiger partial charge in [-0.3, -0.25) is 4.98 Å². The summed E-state index contributed by atoms with van der Waals surface area (Å²) in [6.45, 7) is 0. The van der Waals surface area contributed by atoms with Gasteiger partial charge >= 0.3 is 0 Å². The Bertz CT molecular complexity index is 1880. The van der Waals surface area contributed by atoms with Crippen LogP contribution in [0.3, 0.4) is 0 Å². The number of thiophene rings is 1. The van der Waals surface area contributed by atoms with Gasteiger partial charge in [-0.2, -0.15) is 0 Å². The maximum atomic E-state index is 6.79. The Morgan fingerprint density at radius 2 is 1.18 bits per heavy atom. The number of pyridine rings is 1. The Balaban J connectivity index is 1.43. The number of hydrogen-bond acceptors (Lipinski definition) is 5. The molecule has 0 amide bonds. The molecule has 3 aromatic heterocycles. The van der Waals surface area contributed by atoms with Crippen molar-refractivity contribution in [2.75, 3.05) is 0 Å². The van der Waals surface area contributed by atoms with Crippen LogP contribution in [0.1, 0.15) is 0 Å². The monoisotopic (exact) mass is 526 g/mol. The summed E-state index contributed by atoms with van der Waals surface area (Å²) in [4.78, 5) is 19.2. The summed E-state index contributed by atoms with van der Waals surface area (Å²) < 4.78 is 2.36. The first-order valence-corrected chi connectivity index (χ1v) is 13.4. The molecule has 0 atom stereocenters. The molecule has 0 radical (unpaired) electrons. The van der Waals surface area contributed by atoms with Gasteiger partial charge in [-0.15, -0.1) is 11.3 Å². The summed E-state index contributed by atoms with van der Waals surface area (Å²) in [5.74, 6) is 1.74. The zero-order valence-electron chi connectivity index (χ0n) is 20.0. The molecule has 0 N–H and O–H groups in total. The molecule has 0 saturated heterocycles. The molecule has 180 valence electrons. The molecular weight excluding hydrogens is 508 g/mol. The lowest BCUT2D eigenvalue weighted by molar-refractivity contribution is 1.07. The summed E-state index contributed by atoms with van der Waals surface area (Å²) >= 11 is 8.54. The standard InChI is InChI=1S/C32H19ClN4S/c33-26-16-15-22(23-17-18-34-28-24-13-7-8-14-27(24)38-29(23)28)19-25(26)32-36-30(20-9-3-1-4-10-20)35-31(37-32)21-11-5-2-6-12-21/h1-19H. The number of fused-ring (bicyclic) bond motifs is 3. The highest BCUT2D eigenvalue weighted by Crippen LogP contribution is 2.40. The second-order valence-electron chi connectivity index (χ2n) is 8.87. The van der Waals surface area contributed by atoms with Crippen LogP contribution >= 0.6 is 22.9 Å². The molecule has 7 rings (SSSR count). The molecule has 0 saturated carbocycles. The minimum absolute atomic E-state index is 0.534. The van der Waals surface area contributed by atoms with Gasteiger partial charge in [0, 0.05) is 38.5 Å². The van der Waals surface area contributed by atoms with Crippen LogP contribution in [0.5, 0.6) is 0 Å². The summed E-state index contributed by atoms with van der Waals surface area (Å²) in [6, 6.07) is 36.4. The van der Waals surface area contributed by atoms with Gasteiger partial charge in [-0.1, -0.05) is 96.5 Å². The topological polar surface area (TPSA) is 51.6 Å². The summed E-state index contributed by atoms with van der Waals surface area (Å²) in [5.41, 5.74) is 5.74. The molecule has 38 heavy (non-hydrogen) atoms. The Kier molecular flexibility index (Phi) is 5.65. The van der Waals surface area contributed by atoms with Gasteiger partial charge in [0.15, 0.2) is 17.5 Å². The third kappa shape index (κ3) is 4.02. The van der Waals surface area contributed by atoms with E-state index in [1.54, 1.807) is 11.3 Å².